The van der Waals surface area contributed by atoms with Crippen molar-refractivity contribution >= 4 is 11.9 Å². The van der Waals surface area contributed by atoms with Crippen LogP contribution in [0.2, 0.25) is 0 Å². The van der Waals surface area contributed by atoms with Gasteiger partial charge in [-0.25, -0.2) is 9.59 Å². The van der Waals surface area contributed by atoms with E-state index in [0.29, 0.717) is 0 Å². The average molecular weight is 196 g/mol. The van der Waals surface area contributed by atoms with Gasteiger partial charge >= 0.3 is 71.1 Å². The van der Waals surface area contributed by atoms with Crippen molar-refractivity contribution in [3.63, 3.8) is 0 Å². The SMILES string of the molecule is NCCNOC(=O)C(=O)O.[H-].[H-].[Na+].[Na+]. The van der Waals surface area contributed by atoms with E-state index in [0.717, 1.165) is 0 Å². The van der Waals surface area contributed by atoms with Crippen molar-refractivity contribution in [1.29, 1.82) is 0 Å². The fourth-order valence-corrected chi connectivity index (χ4v) is 0.219. The topological polar surface area (TPSA) is 102 Å². The molecule has 6 nitrogen and oxygen atoms in total. The van der Waals surface area contributed by atoms with Crippen LogP contribution in [0.1, 0.15) is 2.85 Å². The maximum atomic E-state index is 10.1. The van der Waals surface area contributed by atoms with Crippen molar-refractivity contribution in [2.24, 2.45) is 5.73 Å². The minimum absolute atomic E-state index is 0. The Balaban J connectivity index is -0.0000000675. The summed E-state index contributed by atoms with van der Waals surface area (Å²) < 4.78 is 0. The Bertz CT molecular complexity index is 151. The van der Waals surface area contributed by atoms with Gasteiger partial charge < -0.3 is 18.5 Å². The summed E-state index contributed by atoms with van der Waals surface area (Å²) in [5.41, 5.74) is 7.05. The monoisotopic (exact) mass is 196 g/mol. The predicted octanol–water partition coefficient (Wildman–Crippen LogP) is -7.69. The number of hydroxylamine groups is 1. The maximum Gasteiger partial charge on any atom is 1.00 e. The molecule has 0 aliphatic carbocycles. The Hall–Kier alpha value is 0.860. The minimum Gasteiger partial charge on any atom is -1.00 e. The molecule has 0 spiro atoms. The zero-order chi connectivity index (χ0) is 7.98. The normalized spacial score (nSPS) is 7.42. The van der Waals surface area contributed by atoms with Crippen molar-refractivity contribution in [2.45, 2.75) is 0 Å². The van der Waals surface area contributed by atoms with E-state index in [9.17, 15) is 9.59 Å². The Morgan fingerprint density at radius 2 is 2.00 bits per heavy atom. The Kier molecular flexibility index (Phi) is 18.4. The van der Waals surface area contributed by atoms with Gasteiger partial charge in [0, 0.05) is 13.1 Å². The molecule has 0 saturated heterocycles. The van der Waals surface area contributed by atoms with Gasteiger partial charge in [0.2, 0.25) is 0 Å². The molecule has 12 heavy (non-hydrogen) atoms. The van der Waals surface area contributed by atoms with Crippen LogP contribution in [-0.2, 0) is 14.4 Å². The number of carbonyl (C=O) groups excluding carboxylic acids is 1. The summed E-state index contributed by atoms with van der Waals surface area (Å²) in [6.07, 6.45) is 0. The second-order valence-corrected chi connectivity index (χ2v) is 1.38. The molecule has 0 aliphatic heterocycles. The Morgan fingerprint density at radius 3 is 2.33 bits per heavy atom. The average Bonchev–Trinajstić information content (AvgIpc) is 1.88. The van der Waals surface area contributed by atoms with E-state index < -0.39 is 11.9 Å². The van der Waals surface area contributed by atoms with Crippen molar-refractivity contribution in [3.05, 3.63) is 0 Å². The van der Waals surface area contributed by atoms with Crippen molar-refractivity contribution < 1.29 is 81.5 Å². The zero-order valence-corrected chi connectivity index (χ0v) is 11.2. The van der Waals surface area contributed by atoms with Gasteiger partial charge in [-0.2, -0.15) is 5.48 Å². The predicted molar refractivity (Wildman–Crippen MR) is 33.0 cm³/mol. The quantitative estimate of drug-likeness (QED) is 0.179. The van der Waals surface area contributed by atoms with Crippen molar-refractivity contribution in [2.75, 3.05) is 13.1 Å². The van der Waals surface area contributed by atoms with Gasteiger partial charge in [0.15, 0.2) is 0 Å². The van der Waals surface area contributed by atoms with Crippen LogP contribution < -0.4 is 70.3 Å². The van der Waals surface area contributed by atoms with Crippen LogP contribution in [0.4, 0.5) is 0 Å². The van der Waals surface area contributed by atoms with Gasteiger partial charge in [0.25, 0.3) is 0 Å². The first-order valence-electron chi connectivity index (χ1n) is 2.55. The van der Waals surface area contributed by atoms with Gasteiger partial charge in [0.05, 0.1) is 0 Å². The fourth-order valence-electron chi connectivity index (χ4n) is 0.219. The molecule has 0 saturated carbocycles. The molecule has 0 aromatic carbocycles. The van der Waals surface area contributed by atoms with Crippen LogP contribution in [-0.4, -0.2) is 30.1 Å². The van der Waals surface area contributed by atoms with Crippen molar-refractivity contribution in [1.82, 2.24) is 5.48 Å². The molecule has 0 atom stereocenters. The molecular formula is C4H10N2Na2O4. The van der Waals surface area contributed by atoms with E-state index in [1.807, 2.05) is 0 Å². The van der Waals surface area contributed by atoms with Crippen LogP contribution in [0, 0.1) is 0 Å². The van der Waals surface area contributed by atoms with E-state index >= 15 is 0 Å². The van der Waals surface area contributed by atoms with Crippen LogP contribution in [0.5, 0.6) is 0 Å². The number of hydrogen-bond acceptors (Lipinski definition) is 5. The van der Waals surface area contributed by atoms with Crippen LogP contribution in [0.25, 0.3) is 0 Å². The van der Waals surface area contributed by atoms with E-state index in [4.69, 9.17) is 10.8 Å². The number of nitrogens with one attached hydrogen (secondary N) is 1. The fraction of sp³-hybridized carbons (Fsp3) is 0.500. The smallest absolute Gasteiger partial charge is 1.00 e. The summed E-state index contributed by atoms with van der Waals surface area (Å²) in [6.45, 7) is 0.506. The molecule has 8 heteroatoms. The number of carboxylic acids is 1. The molecule has 0 rings (SSSR count). The molecule has 0 amide bonds. The summed E-state index contributed by atoms with van der Waals surface area (Å²) >= 11 is 0. The van der Waals surface area contributed by atoms with Gasteiger partial charge in [-0.3, -0.25) is 0 Å². The number of rotatable bonds is 3. The third kappa shape index (κ3) is 10.9. The number of aliphatic carboxylic acids is 1. The molecule has 0 aliphatic rings. The molecule has 0 aromatic rings. The molecule has 0 radical (unpaired) electrons. The largest absolute Gasteiger partial charge is 1.00 e. The summed E-state index contributed by atoms with van der Waals surface area (Å²) in [7, 11) is 0. The van der Waals surface area contributed by atoms with Gasteiger partial charge in [-0.05, 0) is 0 Å². The first-order valence-corrected chi connectivity index (χ1v) is 2.55. The maximum absolute atomic E-state index is 10.1. The first-order chi connectivity index (χ1) is 4.68. The van der Waals surface area contributed by atoms with Crippen LogP contribution in [0.3, 0.4) is 0 Å². The van der Waals surface area contributed by atoms with Crippen molar-refractivity contribution in [3.8, 4) is 0 Å². The Morgan fingerprint density at radius 1 is 1.50 bits per heavy atom. The molecule has 0 aromatic heterocycles. The second-order valence-electron chi connectivity index (χ2n) is 1.38. The molecule has 0 unspecified atom stereocenters. The molecule has 62 valence electrons. The molecule has 0 fully saturated rings. The molecular weight excluding hydrogens is 186 g/mol. The van der Waals surface area contributed by atoms with E-state index in [-0.39, 0.29) is 75.1 Å². The van der Waals surface area contributed by atoms with E-state index in [1.165, 1.54) is 0 Å². The zero-order valence-electron chi connectivity index (χ0n) is 9.16. The van der Waals surface area contributed by atoms with Crippen LogP contribution in [0.15, 0.2) is 0 Å². The third-order valence-electron chi connectivity index (χ3n) is 0.586. The summed E-state index contributed by atoms with van der Waals surface area (Å²) in [5.74, 6) is -2.97. The second kappa shape index (κ2) is 11.9. The third-order valence-corrected chi connectivity index (χ3v) is 0.586. The summed E-state index contributed by atoms with van der Waals surface area (Å²) in [4.78, 5) is 23.8. The first kappa shape index (κ1) is 18.6. The minimum atomic E-state index is -1.63. The van der Waals surface area contributed by atoms with E-state index in [1.54, 1.807) is 0 Å². The van der Waals surface area contributed by atoms with Gasteiger partial charge in [-0.15, -0.1) is 0 Å². The molecule has 0 bridgehead atoms. The van der Waals surface area contributed by atoms with Crippen LogP contribution >= 0.6 is 0 Å². The summed E-state index contributed by atoms with van der Waals surface area (Å²) in [6, 6.07) is 0. The van der Waals surface area contributed by atoms with Gasteiger partial charge in [0.1, 0.15) is 0 Å². The number of carboxylic acid groups (broad SMARTS) is 1. The van der Waals surface area contributed by atoms with Gasteiger partial charge in [-0.1, -0.05) is 0 Å². The number of carbonyl (C=O) groups is 2. The molecule has 0 heterocycles. The number of nitrogens with two attached hydrogens (primary N) is 1. The number of hydrogen-bond donors (Lipinski definition) is 3. The Labute approximate surface area is 117 Å². The summed E-state index contributed by atoms with van der Waals surface area (Å²) in [5, 5.41) is 7.94. The standard InChI is InChI=1S/C4H8N2O4.2Na.2H/c5-1-2-6-10-4(9)3(7)8;;;;/h6H,1-2,5H2,(H,7,8);;;;/q;2*+1;2*-1. The van der Waals surface area contributed by atoms with E-state index in [2.05, 4.69) is 10.3 Å². The molecule has 4 N–H and O–H groups in total.